The van der Waals surface area contributed by atoms with Crippen LogP contribution in [0.15, 0.2) is 42.5 Å². The molecule has 6 heteroatoms. The minimum atomic E-state index is -0.429. The smallest absolute Gasteiger partial charge is 0.261 e. The summed E-state index contributed by atoms with van der Waals surface area (Å²) in [6, 6.07) is 13.3. The van der Waals surface area contributed by atoms with Gasteiger partial charge in [0.2, 0.25) is 0 Å². The summed E-state index contributed by atoms with van der Waals surface area (Å²) in [6.45, 7) is -0.0977. The van der Waals surface area contributed by atoms with Crippen LogP contribution in [0.4, 0.5) is 4.39 Å². The third kappa shape index (κ3) is 4.09. The lowest BCUT2D eigenvalue weighted by Gasteiger charge is -2.23. The number of amides is 1. The van der Waals surface area contributed by atoms with Gasteiger partial charge in [0, 0.05) is 16.6 Å². The molecule has 0 bridgehead atoms. The van der Waals surface area contributed by atoms with Gasteiger partial charge in [-0.25, -0.2) is 4.39 Å². The lowest BCUT2D eigenvalue weighted by atomic mass is 10.2. The zero-order valence-electron chi connectivity index (χ0n) is 13.4. The number of ether oxygens (including phenoxy) is 1. The highest BCUT2D eigenvalue weighted by Crippen LogP contribution is 2.31. The Balaban J connectivity index is 1.71. The molecule has 0 unspecified atom stereocenters. The van der Waals surface area contributed by atoms with Crippen LogP contribution in [0.3, 0.4) is 0 Å². The molecular formula is C19H16ClFN2O2. The number of halogens is 2. The van der Waals surface area contributed by atoms with Crippen molar-refractivity contribution in [2.75, 3.05) is 6.61 Å². The third-order valence-corrected chi connectivity index (χ3v) is 4.41. The van der Waals surface area contributed by atoms with Crippen molar-refractivity contribution in [1.29, 1.82) is 5.26 Å². The summed E-state index contributed by atoms with van der Waals surface area (Å²) in [5.74, 6) is -0.325. The van der Waals surface area contributed by atoms with Gasteiger partial charge in [0.25, 0.3) is 5.91 Å². The lowest BCUT2D eigenvalue weighted by molar-refractivity contribution is -0.134. The first-order valence-corrected chi connectivity index (χ1v) is 8.32. The van der Waals surface area contributed by atoms with Crippen LogP contribution in [-0.4, -0.2) is 23.5 Å². The molecule has 1 aliphatic rings. The van der Waals surface area contributed by atoms with E-state index in [0.717, 1.165) is 12.8 Å². The van der Waals surface area contributed by atoms with Crippen molar-refractivity contribution in [2.45, 2.75) is 25.4 Å². The van der Waals surface area contributed by atoms with Crippen molar-refractivity contribution in [3.05, 3.63) is 64.4 Å². The van der Waals surface area contributed by atoms with E-state index in [-0.39, 0.29) is 25.1 Å². The molecule has 2 aromatic carbocycles. The van der Waals surface area contributed by atoms with E-state index in [0.29, 0.717) is 21.9 Å². The largest absolute Gasteiger partial charge is 0.482 e. The molecule has 0 aliphatic heterocycles. The van der Waals surface area contributed by atoms with Crippen molar-refractivity contribution in [3.63, 3.8) is 0 Å². The molecule has 0 heterocycles. The molecule has 0 radical (unpaired) electrons. The van der Waals surface area contributed by atoms with Gasteiger partial charge in [0.05, 0.1) is 12.1 Å². The van der Waals surface area contributed by atoms with E-state index in [1.54, 1.807) is 35.2 Å². The predicted molar refractivity (Wildman–Crippen MR) is 91.6 cm³/mol. The van der Waals surface area contributed by atoms with Gasteiger partial charge in [-0.15, -0.1) is 0 Å². The van der Waals surface area contributed by atoms with E-state index in [1.807, 2.05) is 6.07 Å². The van der Waals surface area contributed by atoms with Crippen LogP contribution in [0.2, 0.25) is 5.02 Å². The Morgan fingerprint density at radius 1 is 1.28 bits per heavy atom. The van der Waals surface area contributed by atoms with Crippen LogP contribution in [-0.2, 0) is 11.3 Å². The fourth-order valence-corrected chi connectivity index (χ4v) is 2.79. The van der Waals surface area contributed by atoms with Gasteiger partial charge in [0.15, 0.2) is 6.61 Å². The van der Waals surface area contributed by atoms with Gasteiger partial charge in [-0.3, -0.25) is 4.79 Å². The molecular weight excluding hydrogens is 343 g/mol. The first kappa shape index (κ1) is 17.2. The van der Waals surface area contributed by atoms with E-state index in [9.17, 15) is 9.18 Å². The number of carbonyl (C=O) groups excluding carboxylic acids is 1. The Hall–Kier alpha value is -2.58. The highest BCUT2D eigenvalue weighted by molar-refractivity contribution is 6.31. The SMILES string of the molecule is N#Cc1ccccc1OCC(=O)N(Cc1c(F)cccc1Cl)C1CC1. The number of nitrogens with zero attached hydrogens (tertiary/aromatic N) is 2. The molecule has 0 saturated heterocycles. The molecule has 1 fully saturated rings. The maximum atomic E-state index is 14.0. The summed E-state index contributed by atoms with van der Waals surface area (Å²) >= 11 is 6.07. The second-order valence-electron chi connectivity index (χ2n) is 5.85. The second kappa shape index (κ2) is 7.54. The van der Waals surface area contributed by atoms with E-state index >= 15 is 0 Å². The molecule has 0 spiro atoms. The van der Waals surface area contributed by atoms with E-state index in [1.165, 1.54) is 12.1 Å². The standard InChI is InChI=1S/C19H16ClFN2O2/c20-16-5-3-6-17(21)15(16)11-23(14-8-9-14)19(24)12-25-18-7-2-1-4-13(18)10-22/h1-7,14H,8-9,11-12H2. The molecule has 1 aliphatic carbocycles. The van der Waals surface area contributed by atoms with Gasteiger partial charge < -0.3 is 9.64 Å². The van der Waals surface area contributed by atoms with E-state index < -0.39 is 5.82 Å². The van der Waals surface area contributed by atoms with Crippen LogP contribution in [0.1, 0.15) is 24.0 Å². The number of benzene rings is 2. The number of nitriles is 1. The summed E-state index contributed by atoms with van der Waals surface area (Å²) in [5, 5.41) is 9.37. The number of hydrogen-bond donors (Lipinski definition) is 0. The van der Waals surface area contributed by atoms with E-state index in [2.05, 4.69) is 0 Å². The van der Waals surface area contributed by atoms with Crippen molar-refractivity contribution in [2.24, 2.45) is 0 Å². The molecule has 4 nitrogen and oxygen atoms in total. The number of carbonyl (C=O) groups is 1. The van der Waals surface area contributed by atoms with Gasteiger partial charge in [-0.05, 0) is 37.1 Å². The number of para-hydroxylation sites is 1. The molecule has 0 atom stereocenters. The van der Waals surface area contributed by atoms with Crippen molar-refractivity contribution >= 4 is 17.5 Å². The Kier molecular flexibility index (Phi) is 5.20. The average molecular weight is 359 g/mol. The minimum Gasteiger partial charge on any atom is -0.482 e. The highest BCUT2D eigenvalue weighted by atomic mass is 35.5. The summed E-state index contributed by atoms with van der Waals surface area (Å²) in [5.41, 5.74) is 0.673. The summed E-state index contributed by atoms with van der Waals surface area (Å²) < 4.78 is 19.5. The molecule has 1 amide bonds. The molecule has 0 aromatic heterocycles. The van der Waals surface area contributed by atoms with Crippen LogP contribution < -0.4 is 4.74 Å². The Bertz CT molecular complexity index is 810. The molecule has 25 heavy (non-hydrogen) atoms. The molecule has 128 valence electrons. The first-order valence-electron chi connectivity index (χ1n) is 7.94. The fraction of sp³-hybridized carbons (Fsp3) is 0.263. The zero-order valence-corrected chi connectivity index (χ0v) is 14.2. The first-order chi connectivity index (χ1) is 12.1. The second-order valence-corrected chi connectivity index (χ2v) is 6.26. The van der Waals surface area contributed by atoms with Gasteiger partial charge >= 0.3 is 0 Å². The predicted octanol–water partition coefficient (Wildman–Crippen LogP) is 3.92. The average Bonchev–Trinajstić information content (AvgIpc) is 3.44. The van der Waals surface area contributed by atoms with Crippen LogP contribution in [0.5, 0.6) is 5.75 Å². The van der Waals surface area contributed by atoms with Crippen LogP contribution >= 0.6 is 11.6 Å². The Morgan fingerprint density at radius 2 is 2.04 bits per heavy atom. The quantitative estimate of drug-likeness (QED) is 0.786. The lowest BCUT2D eigenvalue weighted by Crippen LogP contribution is -2.36. The maximum absolute atomic E-state index is 14.0. The topological polar surface area (TPSA) is 53.3 Å². The Morgan fingerprint density at radius 3 is 2.72 bits per heavy atom. The summed E-state index contributed by atoms with van der Waals surface area (Å²) in [6.07, 6.45) is 1.76. The zero-order chi connectivity index (χ0) is 17.8. The van der Waals surface area contributed by atoms with Gasteiger partial charge in [-0.2, -0.15) is 5.26 Å². The van der Waals surface area contributed by atoms with Crippen molar-refractivity contribution in [3.8, 4) is 11.8 Å². The third-order valence-electron chi connectivity index (χ3n) is 4.06. The van der Waals surface area contributed by atoms with Crippen LogP contribution in [0, 0.1) is 17.1 Å². The minimum absolute atomic E-state index is 0.0815. The van der Waals surface area contributed by atoms with Gasteiger partial charge in [0.1, 0.15) is 17.6 Å². The normalized spacial score (nSPS) is 13.2. The fourth-order valence-electron chi connectivity index (χ4n) is 2.57. The molecule has 0 N–H and O–H groups in total. The summed E-state index contributed by atoms with van der Waals surface area (Å²) in [4.78, 5) is 14.2. The number of rotatable bonds is 6. The van der Waals surface area contributed by atoms with Crippen molar-refractivity contribution in [1.82, 2.24) is 4.90 Å². The van der Waals surface area contributed by atoms with Gasteiger partial charge in [-0.1, -0.05) is 29.8 Å². The van der Waals surface area contributed by atoms with Crippen LogP contribution in [0.25, 0.3) is 0 Å². The summed E-state index contributed by atoms with van der Waals surface area (Å²) in [7, 11) is 0. The Labute approximate surface area is 150 Å². The number of hydrogen-bond acceptors (Lipinski definition) is 3. The maximum Gasteiger partial charge on any atom is 0.261 e. The molecule has 2 aromatic rings. The van der Waals surface area contributed by atoms with E-state index in [4.69, 9.17) is 21.6 Å². The highest BCUT2D eigenvalue weighted by Gasteiger charge is 2.33. The monoisotopic (exact) mass is 358 g/mol. The molecule has 1 saturated carbocycles. The van der Waals surface area contributed by atoms with Crippen molar-refractivity contribution < 1.29 is 13.9 Å². The molecule has 3 rings (SSSR count).